The second-order valence-corrected chi connectivity index (χ2v) is 8.62. The molecule has 0 aliphatic carbocycles. The lowest BCUT2D eigenvalue weighted by atomic mass is 10.1. The molecule has 0 heterocycles. The number of hydrogen-bond acceptors (Lipinski definition) is 4. The first-order valence-electron chi connectivity index (χ1n) is 7.56. The third-order valence-corrected chi connectivity index (χ3v) is 4.52. The number of benzene rings is 1. The zero-order chi connectivity index (χ0) is 19.6. The third-order valence-electron chi connectivity index (χ3n) is 3.08. The summed E-state index contributed by atoms with van der Waals surface area (Å²) < 4.78 is 70.4. The van der Waals surface area contributed by atoms with Crippen LogP contribution in [0.5, 0.6) is 0 Å². The van der Waals surface area contributed by atoms with Gasteiger partial charge in [0.2, 0.25) is 10.0 Å². The number of halogens is 3. The average Bonchev–Trinajstić information content (AvgIpc) is 2.42. The van der Waals surface area contributed by atoms with E-state index in [9.17, 15) is 26.4 Å². The van der Waals surface area contributed by atoms with Crippen LogP contribution in [-0.2, 0) is 25.7 Å². The second kappa shape index (κ2) is 7.33. The van der Waals surface area contributed by atoms with E-state index < -0.39 is 50.2 Å². The topological polar surface area (TPSA) is 72.5 Å². The molecule has 0 unspecified atom stereocenters. The van der Waals surface area contributed by atoms with Gasteiger partial charge in [-0.2, -0.15) is 17.9 Å². The summed E-state index contributed by atoms with van der Waals surface area (Å²) in [6.45, 7) is 8.09. The maximum Gasteiger partial charge on any atom is 0.416 e. The zero-order valence-electron chi connectivity index (χ0n) is 14.6. The summed E-state index contributed by atoms with van der Waals surface area (Å²) in [4.78, 5) is 11.6. The van der Waals surface area contributed by atoms with Crippen LogP contribution in [0.1, 0.15) is 40.2 Å². The van der Waals surface area contributed by atoms with Crippen molar-refractivity contribution >= 4 is 16.0 Å². The Morgan fingerprint density at radius 2 is 1.72 bits per heavy atom. The van der Waals surface area contributed by atoms with E-state index in [1.165, 1.54) is 0 Å². The Labute approximate surface area is 145 Å². The molecule has 0 spiro atoms. The Balaban J connectivity index is 3.14. The predicted octanol–water partition coefficient (Wildman–Crippen LogP) is 3.35. The minimum atomic E-state index is -4.67. The van der Waals surface area contributed by atoms with Gasteiger partial charge >= 0.3 is 12.1 Å². The highest BCUT2D eigenvalue weighted by Gasteiger charge is 2.34. The molecular weight excluding hydrogens is 359 g/mol. The SMILES string of the molecule is CC(C)[C@H](NS(=O)(=O)c1cccc(C(F)(F)F)c1)C(=O)OC(C)(C)C. The average molecular weight is 381 g/mol. The first-order valence-corrected chi connectivity index (χ1v) is 9.04. The van der Waals surface area contributed by atoms with Gasteiger partial charge in [0.05, 0.1) is 10.5 Å². The van der Waals surface area contributed by atoms with Gasteiger partial charge in [0, 0.05) is 0 Å². The van der Waals surface area contributed by atoms with Gasteiger partial charge in [0.1, 0.15) is 11.6 Å². The molecule has 1 rings (SSSR count). The van der Waals surface area contributed by atoms with Gasteiger partial charge in [-0.15, -0.1) is 0 Å². The minimum Gasteiger partial charge on any atom is -0.459 e. The molecule has 0 fully saturated rings. The number of nitrogens with one attached hydrogen (secondary N) is 1. The summed E-state index contributed by atoms with van der Waals surface area (Å²) in [5.74, 6) is -1.26. The molecule has 5 nitrogen and oxygen atoms in total. The fraction of sp³-hybridized carbons (Fsp3) is 0.562. The monoisotopic (exact) mass is 381 g/mol. The van der Waals surface area contributed by atoms with Crippen LogP contribution in [0.4, 0.5) is 13.2 Å². The van der Waals surface area contributed by atoms with E-state index in [1.54, 1.807) is 34.6 Å². The van der Waals surface area contributed by atoms with Crippen LogP contribution in [0.25, 0.3) is 0 Å². The van der Waals surface area contributed by atoms with E-state index >= 15 is 0 Å². The van der Waals surface area contributed by atoms with Crippen LogP contribution < -0.4 is 4.72 Å². The van der Waals surface area contributed by atoms with E-state index in [-0.39, 0.29) is 0 Å². The van der Waals surface area contributed by atoms with Crippen molar-refractivity contribution in [1.82, 2.24) is 4.72 Å². The highest BCUT2D eigenvalue weighted by molar-refractivity contribution is 7.89. The highest BCUT2D eigenvalue weighted by atomic mass is 32.2. The first kappa shape index (κ1) is 21.4. The lowest BCUT2D eigenvalue weighted by Crippen LogP contribution is -2.47. The molecule has 25 heavy (non-hydrogen) atoms. The van der Waals surface area contributed by atoms with Crippen LogP contribution in [0.2, 0.25) is 0 Å². The molecule has 1 atom stereocenters. The Hall–Kier alpha value is -1.61. The molecule has 0 aliphatic rings. The molecule has 0 aliphatic heterocycles. The molecule has 1 aromatic carbocycles. The van der Waals surface area contributed by atoms with Crippen molar-refractivity contribution in [3.8, 4) is 0 Å². The van der Waals surface area contributed by atoms with Gasteiger partial charge in [0.15, 0.2) is 0 Å². The molecule has 0 aromatic heterocycles. The van der Waals surface area contributed by atoms with E-state index in [4.69, 9.17) is 4.74 Å². The molecule has 0 amide bonds. The van der Waals surface area contributed by atoms with Crippen LogP contribution in [-0.4, -0.2) is 26.0 Å². The number of ether oxygens (including phenoxy) is 1. The van der Waals surface area contributed by atoms with Crippen LogP contribution in [0, 0.1) is 5.92 Å². The Morgan fingerprint density at radius 3 is 2.16 bits per heavy atom. The summed E-state index contributed by atoms with van der Waals surface area (Å²) >= 11 is 0. The van der Waals surface area contributed by atoms with E-state index in [1.807, 2.05) is 0 Å². The Morgan fingerprint density at radius 1 is 1.16 bits per heavy atom. The van der Waals surface area contributed by atoms with Crippen LogP contribution >= 0.6 is 0 Å². The van der Waals surface area contributed by atoms with E-state index in [0.717, 1.165) is 18.2 Å². The summed E-state index contributed by atoms with van der Waals surface area (Å²) in [6.07, 6.45) is -4.67. The van der Waals surface area contributed by atoms with Gasteiger partial charge < -0.3 is 4.74 Å². The second-order valence-electron chi connectivity index (χ2n) is 6.90. The highest BCUT2D eigenvalue weighted by Crippen LogP contribution is 2.30. The Bertz CT molecular complexity index is 722. The number of esters is 1. The van der Waals surface area contributed by atoms with Crippen molar-refractivity contribution in [3.05, 3.63) is 29.8 Å². The molecule has 9 heteroatoms. The maximum atomic E-state index is 12.8. The number of carbonyl (C=O) groups is 1. The van der Waals surface area contributed by atoms with Crippen LogP contribution in [0.3, 0.4) is 0 Å². The summed E-state index contributed by atoms with van der Waals surface area (Å²) in [7, 11) is -4.34. The standard InChI is InChI=1S/C16H22F3NO4S/c1-10(2)13(14(21)24-15(3,4)5)20-25(22,23)12-8-6-7-11(9-12)16(17,18)19/h6-10,13,20H,1-5H3/t13-/m0/s1. The number of alkyl halides is 3. The summed E-state index contributed by atoms with van der Waals surface area (Å²) in [5.41, 5.74) is -1.92. The minimum absolute atomic E-state index is 0.463. The van der Waals surface area contributed by atoms with Crippen molar-refractivity contribution in [2.45, 2.75) is 57.3 Å². The lowest BCUT2D eigenvalue weighted by Gasteiger charge is -2.26. The summed E-state index contributed by atoms with van der Waals surface area (Å²) in [5, 5.41) is 0. The van der Waals surface area contributed by atoms with Gasteiger partial charge in [0.25, 0.3) is 0 Å². The number of carbonyl (C=O) groups excluding carboxylic acids is 1. The fourth-order valence-electron chi connectivity index (χ4n) is 1.90. The number of rotatable bonds is 5. The smallest absolute Gasteiger partial charge is 0.416 e. The van der Waals surface area contributed by atoms with Crippen molar-refractivity contribution < 1.29 is 31.1 Å². The maximum absolute atomic E-state index is 12.8. The zero-order valence-corrected chi connectivity index (χ0v) is 15.5. The Kier molecular flexibility index (Phi) is 6.28. The van der Waals surface area contributed by atoms with Gasteiger partial charge in [-0.3, -0.25) is 4.79 Å². The molecule has 0 saturated carbocycles. The predicted molar refractivity (Wildman–Crippen MR) is 86.2 cm³/mol. The van der Waals surface area contributed by atoms with E-state index in [2.05, 4.69) is 4.72 Å². The molecule has 1 N–H and O–H groups in total. The normalized spacial score (nSPS) is 14.4. The third kappa shape index (κ3) is 6.32. The molecule has 0 saturated heterocycles. The van der Waals surface area contributed by atoms with Crippen molar-refractivity contribution in [1.29, 1.82) is 0 Å². The quantitative estimate of drug-likeness (QED) is 0.794. The number of sulfonamides is 1. The molecule has 142 valence electrons. The fourth-order valence-corrected chi connectivity index (χ4v) is 3.28. The van der Waals surface area contributed by atoms with Crippen molar-refractivity contribution in [2.24, 2.45) is 5.92 Å². The van der Waals surface area contributed by atoms with Gasteiger partial charge in [-0.05, 0) is 44.9 Å². The summed E-state index contributed by atoms with van der Waals surface area (Å²) in [6, 6.07) is 2.10. The van der Waals surface area contributed by atoms with Crippen LogP contribution in [0.15, 0.2) is 29.2 Å². The molecule has 0 bridgehead atoms. The van der Waals surface area contributed by atoms with Crippen molar-refractivity contribution in [3.63, 3.8) is 0 Å². The molecule has 1 aromatic rings. The van der Waals surface area contributed by atoms with Gasteiger partial charge in [-0.1, -0.05) is 19.9 Å². The number of hydrogen-bond donors (Lipinski definition) is 1. The van der Waals surface area contributed by atoms with Gasteiger partial charge in [-0.25, -0.2) is 8.42 Å². The lowest BCUT2D eigenvalue weighted by molar-refractivity contribution is -0.158. The largest absolute Gasteiger partial charge is 0.459 e. The van der Waals surface area contributed by atoms with Crippen molar-refractivity contribution in [2.75, 3.05) is 0 Å². The molecular formula is C16H22F3NO4S. The molecule has 0 radical (unpaired) electrons. The van der Waals surface area contributed by atoms with E-state index in [0.29, 0.717) is 6.07 Å². The first-order chi connectivity index (χ1) is 11.1.